The highest BCUT2D eigenvalue weighted by molar-refractivity contribution is 5.97. The fraction of sp³-hybridized carbons (Fsp3) is 0.267. The maximum absolute atomic E-state index is 11.5. The van der Waals surface area contributed by atoms with Crippen LogP contribution < -0.4 is 9.47 Å². The van der Waals surface area contributed by atoms with E-state index in [0.29, 0.717) is 0 Å². The molecule has 0 unspecified atom stereocenters. The van der Waals surface area contributed by atoms with Crippen molar-refractivity contribution >= 4 is 16.7 Å². The fourth-order valence-corrected chi connectivity index (χ4v) is 2.63. The lowest BCUT2D eigenvalue weighted by Crippen LogP contribution is -2.18. The summed E-state index contributed by atoms with van der Waals surface area (Å²) in [5, 5.41) is 1.92. The summed E-state index contributed by atoms with van der Waals surface area (Å²) in [6, 6.07) is 7.84. The summed E-state index contributed by atoms with van der Waals surface area (Å²) < 4.78 is 16.1. The molecule has 0 amide bonds. The first kappa shape index (κ1) is 11.8. The minimum absolute atomic E-state index is 0.222. The number of hydrogen-bond donors (Lipinski definition) is 0. The van der Waals surface area contributed by atoms with Crippen LogP contribution in [-0.4, -0.2) is 20.2 Å². The standard InChI is InChI=1S/C15H14O4/c1-17-14-9-5-3-4-6-10(9)15(18-2)12-8-19-13(16)7-11(12)14/h3-6H,7-8H2,1-2H3. The lowest BCUT2D eigenvalue weighted by atomic mass is 9.94. The number of benzene rings is 2. The lowest BCUT2D eigenvalue weighted by molar-refractivity contribution is -0.145. The van der Waals surface area contributed by atoms with E-state index in [1.54, 1.807) is 14.2 Å². The molecule has 19 heavy (non-hydrogen) atoms. The Kier molecular flexibility index (Phi) is 2.78. The van der Waals surface area contributed by atoms with Crippen LogP contribution >= 0.6 is 0 Å². The second-order valence-electron chi connectivity index (χ2n) is 4.41. The SMILES string of the molecule is COc1c2c(c(OC)c3ccccc13)CC(=O)OC2. The zero-order valence-corrected chi connectivity index (χ0v) is 10.9. The number of ether oxygens (including phenoxy) is 3. The highest BCUT2D eigenvalue weighted by atomic mass is 16.5. The van der Waals surface area contributed by atoms with Gasteiger partial charge in [-0.3, -0.25) is 4.79 Å². The molecule has 0 bridgehead atoms. The van der Waals surface area contributed by atoms with Gasteiger partial charge in [0.05, 0.1) is 20.6 Å². The summed E-state index contributed by atoms with van der Waals surface area (Å²) in [5.41, 5.74) is 1.77. The van der Waals surface area contributed by atoms with Crippen molar-refractivity contribution in [2.45, 2.75) is 13.0 Å². The second kappa shape index (κ2) is 4.46. The third-order valence-electron chi connectivity index (χ3n) is 3.44. The van der Waals surface area contributed by atoms with Crippen LogP contribution in [0.15, 0.2) is 24.3 Å². The average molecular weight is 258 g/mol. The van der Waals surface area contributed by atoms with E-state index in [0.717, 1.165) is 33.4 Å². The summed E-state index contributed by atoms with van der Waals surface area (Å²) in [7, 11) is 3.25. The maximum Gasteiger partial charge on any atom is 0.310 e. The molecule has 1 heterocycles. The van der Waals surface area contributed by atoms with E-state index in [4.69, 9.17) is 14.2 Å². The van der Waals surface area contributed by atoms with E-state index in [9.17, 15) is 4.79 Å². The Morgan fingerprint density at radius 3 is 2.16 bits per heavy atom. The number of hydrogen-bond acceptors (Lipinski definition) is 4. The fourth-order valence-electron chi connectivity index (χ4n) is 2.63. The molecule has 1 aliphatic rings. The number of esters is 1. The molecule has 2 aromatic carbocycles. The predicted octanol–water partition coefficient (Wildman–Crippen LogP) is 2.46. The highest BCUT2D eigenvalue weighted by Crippen LogP contribution is 2.42. The van der Waals surface area contributed by atoms with Crippen molar-refractivity contribution in [3.05, 3.63) is 35.4 Å². The van der Waals surface area contributed by atoms with Gasteiger partial charge >= 0.3 is 5.97 Å². The molecule has 0 saturated heterocycles. The molecule has 0 radical (unpaired) electrons. The molecule has 4 nitrogen and oxygen atoms in total. The van der Waals surface area contributed by atoms with E-state index in [2.05, 4.69) is 0 Å². The van der Waals surface area contributed by atoms with Crippen molar-refractivity contribution < 1.29 is 19.0 Å². The molecule has 1 aliphatic heterocycles. The Hall–Kier alpha value is -2.23. The van der Waals surface area contributed by atoms with E-state index >= 15 is 0 Å². The molecule has 0 fully saturated rings. The molecule has 0 aromatic heterocycles. The third-order valence-corrected chi connectivity index (χ3v) is 3.44. The maximum atomic E-state index is 11.5. The van der Waals surface area contributed by atoms with Crippen molar-refractivity contribution in [1.29, 1.82) is 0 Å². The highest BCUT2D eigenvalue weighted by Gasteiger charge is 2.27. The molecule has 98 valence electrons. The Balaban J connectivity index is 2.42. The topological polar surface area (TPSA) is 44.8 Å². The second-order valence-corrected chi connectivity index (χ2v) is 4.41. The normalized spacial score (nSPS) is 13.9. The third kappa shape index (κ3) is 1.71. The quantitative estimate of drug-likeness (QED) is 0.776. The van der Waals surface area contributed by atoms with Crippen LogP contribution in [-0.2, 0) is 22.6 Å². The summed E-state index contributed by atoms with van der Waals surface area (Å²) in [6.07, 6.45) is 0.222. The first-order chi connectivity index (χ1) is 9.26. The predicted molar refractivity (Wildman–Crippen MR) is 70.6 cm³/mol. The van der Waals surface area contributed by atoms with E-state index in [-0.39, 0.29) is 19.0 Å². The van der Waals surface area contributed by atoms with Crippen LogP contribution in [0.25, 0.3) is 10.8 Å². The molecule has 3 rings (SSSR count). The van der Waals surface area contributed by atoms with Gasteiger partial charge in [-0.1, -0.05) is 24.3 Å². The number of fused-ring (bicyclic) bond motifs is 2. The number of methoxy groups -OCH3 is 2. The van der Waals surface area contributed by atoms with E-state index < -0.39 is 0 Å². The molecule has 0 saturated carbocycles. The monoisotopic (exact) mass is 258 g/mol. The van der Waals surface area contributed by atoms with Crippen LogP contribution in [0.1, 0.15) is 11.1 Å². The Morgan fingerprint density at radius 1 is 1.00 bits per heavy atom. The van der Waals surface area contributed by atoms with Gasteiger partial charge in [0.15, 0.2) is 0 Å². The molecule has 2 aromatic rings. The summed E-state index contributed by atoms with van der Waals surface area (Å²) in [6.45, 7) is 0.235. The van der Waals surface area contributed by atoms with Gasteiger partial charge in [0, 0.05) is 21.9 Å². The molecule has 0 spiro atoms. The number of rotatable bonds is 2. The molecular weight excluding hydrogens is 244 g/mol. The van der Waals surface area contributed by atoms with Crippen molar-refractivity contribution in [2.75, 3.05) is 14.2 Å². The Morgan fingerprint density at radius 2 is 1.58 bits per heavy atom. The molecule has 0 aliphatic carbocycles. The summed E-state index contributed by atoms with van der Waals surface area (Å²) in [5.74, 6) is 1.27. The summed E-state index contributed by atoms with van der Waals surface area (Å²) in [4.78, 5) is 11.5. The van der Waals surface area contributed by atoms with Crippen LogP contribution in [0.2, 0.25) is 0 Å². The number of cyclic esters (lactones) is 1. The lowest BCUT2D eigenvalue weighted by Gasteiger charge is -2.23. The molecule has 4 heteroatoms. The summed E-state index contributed by atoms with van der Waals surface area (Å²) >= 11 is 0. The van der Waals surface area contributed by atoms with Crippen LogP contribution in [0, 0.1) is 0 Å². The minimum Gasteiger partial charge on any atom is -0.496 e. The average Bonchev–Trinajstić information content (AvgIpc) is 2.44. The number of carbonyl (C=O) groups excluding carboxylic acids is 1. The van der Waals surface area contributed by atoms with E-state index in [1.807, 2.05) is 24.3 Å². The zero-order valence-electron chi connectivity index (χ0n) is 10.9. The Labute approximate surface area is 110 Å². The van der Waals surface area contributed by atoms with Crippen molar-refractivity contribution in [3.63, 3.8) is 0 Å². The van der Waals surface area contributed by atoms with Crippen molar-refractivity contribution in [3.8, 4) is 11.5 Å². The van der Waals surface area contributed by atoms with Gasteiger partial charge in [-0.2, -0.15) is 0 Å². The van der Waals surface area contributed by atoms with Crippen LogP contribution in [0.4, 0.5) is 0 Å². The zero-order chi connectivity index (χ0) is 13.4. The van der Waals surface area contributed by atoms with Crippen LogP contribution in [0.5, 0.6) is 11.5 Å². The molecule has 0 atom stereocenters. The van der Waals surface area contributed by atoms with Gasteiger partial charge in [0.25, 0.3) is 0 Å². The first-order valence-corrected chi connectivity index (χ1v) is 6.06. The largest absolute Gasteiger partial charge is 0.496 e. The van der Waals surface area contributed by atoms with Gasteiger partial charge in [0.2, 0.25) is 0 Å². The van der Waals surface area contributed by atoms with Gasteiger partial charge in [-0.15, -0.1) is 0 Å². The van der Waals surface area contributed by atoms with E-state index in [1.165, 1.54) is 0 Å². The smallest absolute Gasteiger partial charge is 0.310 e. The first-order valence-electron chi connectivity index (χ1n) is 6.06. The molecule has 0 N–H and O–H groups in total. The van der Waals surface area contributed by atoms with Crippen LogP contribution in [0.3, 0.4) is 0 Å². The Bertz CT molecular complexity index is 661. The minimum atomic E-state index is -0.233. The number of carbonyl (C=O) groups is 1. The van der Waals surface area contributed by atoms with Gasteiger partial charge < -0.3 is 14.2 Å². The van der Waals surface area contributed by atoms with Crippen molar-refractivity contribution in [2.24, 2.45) is 0 Å². The molecular formula is C15H14O4. The van der Waals surface area contributed by atoms with Gasteiger partial charge in [-0.05, 0) is 0 Å². The van der Waals surface area contributed by atoms with Crippen molar-refractivity contribution in [1.82, 2.24) is 0 Å². The van der Waals surface area contributed by atoms with Gasteiger partial charge in [-0.25, -0.2) is 0 Å². The van der Waals surface area contributed by atoms with Gasteiger partial charge in [0.1, 0.15) is 18.1 Å².